The lowest BCUT2D eigenvalue weighted by atomic mass is 9.95. The third-order valence-corrected chi connectivity index (χ3v) is 3.36. The third-order valence-electron chi connectivity index (χ3n) is 3.36. The summed E-state index contributed by atoms with van der Waals surface area (Å²) in [6.45, 7) is 3.93. The molecular formula is C15H21NO2. The number of carbonyl (C=O) groups is 1. The molecule has 2 rings (SSSR count). The van der Waals surface area contributed by atoms with Gasteiger partial charge < -0.3 is 10.5 Å². The van der Waals surface area contributed by atoms with E-state index in [0.29, 0.717) is 11.3 Å². The Hall–Kier alpha value is -1.35. The molecule has 1 fully saturated rings. The van der Waals surface area contributed by atoms with Gasteiger partial charge in [0.25, 0.3) is 0 Å². The second-order valence-corrected chi connectivity index (χ2v) is 5.30. The Bertz CT molecular complexity index is 428. The second-order valence-electron chi connectivity index (χ2n) is 5.30. The van der Waals surface area contributed by atoms with Gasteiger partial charge in [-0.2, -0.15) is 0 Å². The first kappa shape index (κ1) is 13.1. The first-order valence-corrected chi connectivity index (χ1v) is 6.63. The van der Waals surface area contributed by atoms with Crippen LogP contribution in [0, 0.1) is 5.92 Å². The van der Waals surface area contributed by atoms with Gasteiger partial charge in [-0.1, -0.05) is 12.1 Å². The molecule has 0 saturated heterocycles. The van der Waals surface area contributed by atoms with Gasteiger partial charge >= 0.3 is 0 Å². The first-order chi connectivity index (χ1) is 8.58. The third kappa shape index (κ3) is 2.91. The summed E-state index contributed by atoms with van der Waals surface area (Å²) >= 11 is 0. The minimum absolute atomic E-state index is 0.0666. The van der Waals surface area contributed by atoms with Gasteiger partial charge in [-0.15, -0.1) is 0 Å². The van der Waals surface area contributed by atoms with Crippen LogP contribution in [0.4, 0.5) is 0 Å². The number of Topliss-reactive ketones (excluding diaryl/α,β-unsaturated/α-hetero) is 1. The summed E-state index contributed by atoms with van der Waals surface area (Å²) in [5.41, 5.74) is 6.58. The molecule has 1 aromatic carbocycles. The van der Waals surface area contributed by atoms with Crippen molar-refractivity contribution in [3.63, 3.8) is 0 Å². The zero-order valence-electron chi connectivity index (χ0n) is 11.1. The predicted octanol–water partition coefficient (Wildman–Crippen LogP) is 2.78. The van der Waals surface area contributed by atoms with Crippen LogP contribution in [0.15, 0.2) is 24.3 Å². The molecule has 0 radical (unpaired) electrons. The summed E-state index contributed by atoms with van der Waals surface area (Å²) in [6, 6.07) is 7.67. The smallest absolute Gasteiger partial charge is 0.169 e. The second kappa shape index (κ2) is 5.53. The average molecular weight is 247 g/mol. The normalized spacial score (nSPS) is 23.3. The fourth-order valence-corrected chi connectivity index (χ4v) is 2.50. The number of ether oxygens (including phenoxy) is 1. The summed E-state index contributed by atoms with van der Waals surface area (Å²) in [6.07, 6.45) is 2.72. The fraction of sp³-hybridized carbons (Fsp3) is 0.533. The lowest BCUT2D eigenvalue weighted by Crippen LogP contribution is -2.19. The molecule has 1 aromatic rings. The van der Waals surface area contributed by atoms with Gasteiger partial charge in [-0.05, 0) is 45.2 Å². The standard InChI is InChI=1S/C15H21NO2/c1-10(2)18-14-6-4-3-5-13(14)15(17)11-7-8-12(16)9-11/h3-6,10-12H,7-9,16H2,1-2H3. The van der Waals surface area contributed by atoms with Crippen LogP contribution in [0.2, 0.25) is 0 Å². The molecule has 0 aromatic heterocycles. The van der Waals surface area contributed by atoms with Gasteiger partial charge in [-0.25, -0.2) is 0 Å². The van der Waals surface area contributed by atoms with E-state index >= 15 is 0 Å². The molecule has 0 amide bonds. The lowest BCUT2D eigenvalue weighted by Gasteiger charge is -2.15. The van der Waals surface area contributed by atoms with Gasteiger partial charge in [0.15, 0.2) is 5.78 Å². The quantitative estimate of drug-likeness (QED) is 0.832. The van der Waals surface area contributed by atoms with E-state index in [2.05, 4.69) is 0 Å². The van der Waals surface area contributed by atoms with E-state index in [-0.39, 0.29) is 23.8 Å². The van der Waals surface area contributed by atoms with Crippen molar-refractivity contribution < 1.29 is 9.53 Å². The number of hydrogen-bond acceptors (Lipinski definition) is 3. The number of ketones is 1. The molecule has 1 aliphatic carbocycles. The SMILES string of the molecule is CC(C)Oc1ccccc1C(=O)C1CCC(N)C1. The molecular weight excluding hydrogens is 226 g/mol. The van der Waals surface area contributed by atoms with Gasteiger partial charge in [-0.3, -0.25) is 4.79 Å². The summed E-state index contributed by atoms with van der Waals surface area (Å²) in [5, 5.41) is 0. The number of para-hydroxylation sites is 1. The van der Waals surface area contributed by atoms with E-state index in [1.807, 2.05) is 38.1 Å². The maximum absolute atomic E-state index is 12.5. The maximum atomic E-state index is 12.5. The zero-order chi connectivity index (χ0) is 13.1. The fourth-order valence-electron chi connectivity index (χ4n) is 2.50. The molecule has 2 unspecified atom stereocenters. The van der Waals surface area contributed by atoms with Crippen LogP contribution in [-0.2, 0) is 0 Å². The van der Waals surface area contributed by atoms with Crippen molar-refractivity contribution in [3.05, 3.63) is 29.8 Å². The van der Waals surface area contributed by atoms with Crippen molar-refractivity contribution in [3.8, 4) is 5.75 Å². The number of rotatable bonds is 4. The largest absolute Gasteiger partial charge is 0.490 e. The highest BCUT2D eigenvalue weighted by molar-refractivity contribution is 6.00. The highest BCUT2D eigenvalue weighted by Gasteiger charge is 2.29. The summed E-state index contributed by atoms with van der Waals surface area (Å²) in [4.78, 5) is 12.5. The number of carbonyl (C=O) groups excluding carboxylic acids is 1. The van der Waals surface area contributed by atoms with E-state index < -0.39 is 0 Å². The van der Waals surface area contributed by atoms with Crippen molar-refractivity contribution in [2.45, 2.75) is 45.3 Å². The summed E-state index contributed by atoms with van der Waals surface area (Å²) in [5.74, 6) is 0.939. The Labute approximate surface area is 108 Å². The van der Waals surface area contributed by atoms with Crippen LogP contribution in [0.5, 0.6) is 5.75 Å². The molecule has 0 bridgehead atoms. The van der Waals surface area contributed by atoms with Crippen LogP contribution >= 0.6 is 0 Å². The highest BCUT2D eigenvalue weighted by atomic mass is 16.5. The Morgan fingerprint density at radius 2 is 2.06 bits per heavy atom. The molecule has 3 heteroatoms. The summed E-state index contributed by atoms with van der Waals surface area (Å²) in [7, 11) is 0. The minimum atomic E-state index is 0.0666. The molecule has 3 nitrogen and oxygen atoms in total. The highest BCUT2D eigenvalue weighted by Crippen LogP contribution is 2.31. The summed E-state index contributed by atoms with van der Waals surface area (Å²) < 4.78 is 5.70. The van der Waals surface area contributed by atoms with Crippen molar-refractivity contribution in [1.82, 2.24) is 0 Å². The van der Waals surface area contributed by atoms with E-state index in [0.717, 1.165) is 19.3 Å². The van der Waals surface area contributed by atoms with Crippen LogP contribution < -0.4 is 10.5 Å². The Kier molecular flexibility index (Phi) is 4.02. The van der Waals surface area contributed by atoms with Gasteiger partial charge in [0.05, 0.1) is 11.7 Å². The number of nitrogens with two attached hydrogens (primary N) is 1. The Morgan fingerprint density at radius 1 is 1.33 bits per heavy atom. The van der Waals surface area contributed by atoms with Crippen molar-refractivity contribution in [2.75, 3.05) is 0 Å². The lowest BCUT2D eigenvalue weighted by molar-refractivity contribution is 0.0916. The Morgan fingerprint density at radius 3 is 2.67 bits per heavy atom. The molecule has 0 spiro atoms. The van der Waals surface area contributed by atoms with Crippen molar-refractivity contribution >= 4 is 5.78 Å². The molecule has 1 aliphatic rings. The molecule has 0 aliphatic heterocycles. The molecule has 1 saturated carbocycles. The molecule has 2 N–H and O–H groups in total. The first-order valence-electron chi connectivity index (χ1n) is 6.63. The number of hydrogen-bond donors (Lipinski definition) is 1. The van der Waals surface area contributed by atoms with Crippen LogP contribution in [0.3, 0.4) is 0 Å². The maximum Gasteiger partial charge on any atom is 0.169 e. The number of benzene rings is 1. The molecule has 0 heterocycles. The minimum Gasteiger partial charge on any atom is -0.490 e. The predicted molar refractivity (Wildman–Crippen MR) is 71.9 cm³/mol. The molecule has 18 heavy (non-hydrogen) atoms. The van der Waals surface area contributed by atoms with Crippen LogP contribution in [0.1, 0.15) is 43.5 Å². The monoisotopic (exact) mass is 247 g/mol. The van der Waals surface area contributed by atoms with Gasteiger partial charge in [0.2, 0.25) is 0 Å². The zero-order valence-corrected chi connectivity index (χ0v) is 11.1. The van der Waals surface area contributed by atoms with E-state index in [4.69, 9.17) is 10.5 Å². The van der Waals surface area contributed by atoms with Crippen molar-refractivity contribution in [1.29, 1.82) is 0 Å². The van der Waals surface area contributed by atoms with Crippen LogP contribution in [0.25, 0.3) is 0 Å². The van der Waals surface area contributed by atoms with Crippen molar-refractivity contribution in [2.24, 2.45) is 11.7 Å². The van der Waals surface area contributed by atoms with E-state index in [1.165, 1.54) is 0 Å². The Balaban J connectivity index is 2.19. The van der Waals surface area contributed by atoms with Gasteiger partial charge in [0, 0.05) is 12.0 Å². The van der Waals surface area contributed by atoms with E-state index in [9.17, 15) is 4.79 Å². The average Bonchev–Trinajstić information content (AvgIpc) is 2.75. The molecule has 98 valence electrons. The molecule has 2 atom stereocenters. The van der Waals surface area contributed by atoms with Crippen LogP contribution in [-0.4, -0.2) is 17.9 Å². The topological polar surface area (TPSA) is 52.3 Å². The van der Waals surface area contributed by atoms with E-state index in [1.54, 1.807) is 0 Å². The van der Waals surface area contributed by atoms with Gasteiger partial charge in [0.1, 0.15) is 5.75 Å².